The Bertz CT molecular complexity index is 663. The first-order valence-electron chi connectivity index (χ1n) is 7.15. The summed E-state index contributed by atoms with van der Waals surface area (Å²) in [6, 6.07) is 7.42. The van der Waals surface area contributed by atoms with Crippen molar-refractivity contribution in [2.75, 3.05) is 12.4 Å². The Hall–Kier alpha value is -2.30. The van der Waals surface area contributed by atoms with Crippen LogP contribution >= 0.6 is 0 Å². The van der Waals surface area contributed by atoms with Gasteiger partial charge in [-0.05, 0) is 31.9 Å². The van der Waals surface area contributed by atoms with Gasteiger partial charge in [-0.15, -0.1) is 0 Å². The summed E-state index contributed by atoms with van der Waals surface area (Å²) in [6.07, 6.45) is 2.43. The molecule has 5 nitrogen and oxygen atoms in total. The number of carbonyl (C=O) groups is 1. The van der Waals surface area contributed by atoms with Crippen LogP contribution in [-0.4, -0.2) is 23.0 Å². The number of H-pyrrole nitrogens is 1. The number of amides is 1. The van der Waals surface area contributed by atoms with Crippen LogP contribution in [0.15, 0.2) is 24.3 Å². The number of hydrogen-bond donors (Lipinski definition) is 2. The van der Waals surface area contributed by atoms with Gasteiger partial charge in [0.2, 0.25) is 5.91 Å². The number of aryl methyl sites for hydroxylation is 2. The molecule has 2 N–H and O–H groups in total. The van der Waals surface area contributed by atoms with E-state index in [-0.39, 0.29) is 11.8 Å². The van der Waals surface area contributed by atoms with Gasteiger partial charge in [-0.1, -0.05) is 6.07 Å². The lowest BCUT2D eigenvalue weighted by Crippen LogP contribution is -2.28. The monoisotopic (exact) mass is 285 g/mol. The Balaban J connectivity index is 1.69. The fourth-order valence-corrected chi connectivity index (χ4v) is 2.79. The molecule has 21 heavy (non-hydrogen) atoms. The minimum atomic E-state index is -0.0106. The molecule has 1 aromatic carbocycles. The van der Waals surface area contributed by atoms with Gasteiger partial charge in [-0.25, -0.2) is 4.98 Å². The highest BCUT2D eigenvalue weighted by molar-refractivity contribution is 5.93. The minimum absolute atomic E-state index is 0.0106. The van der Waals surface area contributed by atoms with Crippen molar-refractivity contribution in [3.63, 3.8) is 0 Å². The fraction of sp³-hybridized carbons (Fsp3) is 0.375. The Kier molecular flexibility index (Phi) is 3.64. The van der Waals surface area contributed by atoms with Crippen molar-refractivity contribution in [2.45, 2.75) is 26.2 Å². The third kappa shape index (κ3) is 2.91. The number of ether oxygens (including phenoxy) is 1. The maximum Gasteiger partial charge on any atom is 0.227 e. The van der Waals surface area contributed by atoms with Crippen LogP contribution in [0.4, 0.5) is 5.69 Å². The molecule has 1 heterocycles. The molecule has 1 unspecified atom stereocenters. The van der Waals surface area contributed by atoms with E-state index in [1.165, 1.54) is 0 Å². The lowest BCUT2D eigenvalue weighted by Gasteiger charge is -2.20. The number of anilines is 1. The van der Waals surface area contributed by atoms with Gasteiger partial charge < -0.3 is 15.0 Å². The van der Waals surface area contributed by atoms with E-state index < -0.39 is 0 Å². The second-order valence-electron chi connectivity index (χ2n) is 5.41. The molecule has 1 aromatic heterocycles. The van der Waals surface area contributed by atoms with Crippen LogP contribution in [0.25, 0.3) is 0 Å². The van der Waals surface area contributed by atoms with E-state index in [0.29, 0.717) is 0 Å². The molecule has 0 bridgehead atoms. The molecular formula is C16H19N3O2. The number of aromatic nitrogens is 2. The molecule has 0 spiro atoms. The summed E-state index contributed by atoms with van der Waals surface area (Å²) in [7, 11) is 1.62. The number of methoxy groups -OCH3 is 1. The number of nitrogens with zero attached hydrogens (tertiary/aromatic N) is 1. The molecule has 1 aliphatic rings. The highest BCUT2D eigenvalue weighted by Gasteiger charge is 2.26. The first-order chi connectivity index (χ1) is 10.2. The standard InChI is InChI=1S/C16H19N3O2/c1-10-17-14-7-6-11(8-15(14)18-10)16(20)19-12-4-3-5-13(9-12)21-2/h3-5,9,11H,6-8H2,1-2H3,(H,17,18)(H,19,20). The first kappa shape index (κ1) is 13.7. The molecule has 0 saturated heterocycles. The van der Waals surface area contributed by atoms with Crippen LogP contribution < -0.4 is 10.1 Å². The largest absolute Gasteiger partial charge is 0.497 e. The molecule has 0 fully saturated rings. The van der Waals surface area contributed by atoms with Crippen LogP contribution in [0, 0.1) is 12.8 Å². The summed E-state index contributed by atoms with van der Waals surface area (Å²) in [5.41, 5.74) is 2.98. The topological polar surface area (TPSA) is 67.0 Å². The molecule has 0 saturated carbocycles. The van der Waals surface area contributed by atoms with Gasteiger partial charge in [0.05, 0.1) is 12.8 Å². The number of imidazole rings is 1. The predicted molar refractivity (Wildman–Crippen MR) is 80.5 cm³/mol. The average molecular weight is 285 g/mol. The number of nitrogens with one attached hydrogen (secondary N) is 2. The first-order valence-corrected chi connectivity index (χ1v) is 7.15. The van der Waals surface area contributed by atoms with Crippen LogP contribution in [0.1, 0.15) is 23.6 Å². The zero-order chi connectivity index (χ0) is 14.8. The Labute approximate surface area is 123 Å². The molecule has 0 radical (unpaired) electrons. The van der Waals surface area contributed by atoms with E-state index in [0.717, 1.165) is 47.9 Å². The maximum absolute atomic E-state index is 12.4. The number of rotatable bonds is 3. The van der Waals surface area contributed by atoms with Crippen molar-refractivity contribution in [3.05, 3.63) is 41.5 Å². The second kappa shape index (κ2) is 5.60. The summed E-state index contributed by atoms with van der Waals surface area (Å²) in [4.78, 5) is 20.1. The predicted octanol–water partition coefficient (Wildman–Crippen LogP) is 2.47. The summed E-state index contributed by atoms with van der Waals surface area (Å²) in [5, 5.41) is 2.97. The molecule has 1 atom stereocenters. The van der Waals surface area contributed by atoms with E-state index in [1.807, 2.05) is 31.2 Å². The number of fused-ring (bicyclic) bond motifs is 1. The highest BCUT2D eigenvalue weighted by Crippen LogP contribution is 2.25. The van der Waals surface area contributed by atoms with Crippen molar-refractivity contribution in [1.29, 1.82) is 0 Å². The molecule has 5 heteroatoms. The number of aromatic amines is 1. The minimum Gasteiger partial charge on any atom is -0.497 e. The quantitative estimate of drug-likeness (QED) is 0.910. The Morgan fingerprint density at radius 1 is 1.48 bits per heavy atom. The van der Waals surface area contributed by atoms with E-state index >= 15 is 0 Å². The van der Waals surface area contributed by atoms with Crippen LogP contribution in [0.3, 0.4) is 0 Å². The molecule has 1 aliphatic carbocycles. The van der Waals surface area contributed by atoms with Crippen LogP contribution in [0.2, 0.25) is 0 Å². The van der Waals surface area contributed by atoms with Gasteiger partial charge in [0.15, 0.2) is 0 Å². The highest BCUT2D eigenvalue weighted by atomic mass is 16.5. The normalized spacial score (nSPS) is 17.1. The fourth-order valence-electron chi connectivity index (χ4n) is 2.79. The van der Waals surface area contributed by atoms with Gasteiger partial charge in [-0.2, -0.15) is 0 Å². The summed E-state index contributed by atoms with van der Waals surface area (Å²) in [5.74, 6) is 1.71. The van der Waals surface area contributed by atoms with Crippen molar-refractivity contribution < 1.29 is 9.53 Å². The zero-order valence-electron chi connectivity index (χ0n) is 12.3. The number of hydrogen-bond acceptors (Lipinski definition) is 3. The Morgan fingerprint density at radius 2 is 2.33 bits per heavy atom. The van der Waals surface area contributed by atoms with Crippen molar-refractivity contribution >= 4 is 11.6 Å². The van der Waals surface area contributed by atoms with Gasteiger partial charge >= 0.3 is 0 Å². The lowest BCUT2D eigenvalue weighted by molar-refractivity contribution is -0.120. The van der Waals surface area contributed by atoms with Crippen molar-refractivity contribution in [3.8, 4) is 5.75 Å². The Morgan fingerprint density at radius 3 is 3.14 bits per heavy atom. The van der Waals surface area contributed by atoms with Crippen LogP contribution in [0.5, 0.6) is 5.75 Å². The average Bonchev–Trinajstić information content (AvgIpc) is 2.86. The molecule has 0 aliphatic heterocycles. The maximum atomic E-state index is 12.4. The van der Waals surface area contributed by atoms with E-state index in [2.05, 4.69) is 15.3 Å². The van der Waals surface area contributed by atoms with Crippen molar-refractivity contribution in [1.82, 2.24) is 9.97 Å². The second-order valence-corrected chi connectivity index (χ2v) is 5.41. The number of benzene rings is 1. The van der Waals surface area contributed by atoms with E-state index in [4.69, 9.17) is 4.74 Å². The van der Waals surface area contributed by atoms with Gasteiger partial charge in [-0.3, -0.25) is 4.79 Å². The van der Waals surface area contributed by atoms with Gasteiger partial charge in [0.25, 0.3) is 0 Å². The van der Waals surface area contributed by atoms with E-state index in [1.54, 1.807) is 7.11 Å². The molecule has 1 amide bonds. The SMILES string of the molecule is COc1cccc(NC(=O)C2CCc3nc(C)[nH]c3C2)c1. The smallest absolute Gasteiger partial charge is 0.227 e. The molecule has 2 aromatic rings. The summed E-state index contributed by atoms with van der Waals surface area (Å²) >= 11 is 0. The van der Waals surface area contributed by atoms with Crippen molar-refractivity contribution in [2.24, 2.45) is 5.92 Å². The van der Waals surface area contributed by atoms with Gasteiger partial charge in [0.1, 0.15) is 11.6 Å². The van der Waals surface area contributed by atoms with E-state index in [9.17, 15) is 4.79 Å². The third-order valence-corrected chi connectivity index (χ3v) is 3.87. The van der Waals surface area contributed by atoms with Gasteiger partial charge in [0, 0.05) is 29.8 Å². The molecule has 110 valence electrons. The molecule has 3 rings (SSSR count). The zero-order valence-corrected chi connectivity index (χ0v) is 12.3. The lowest BCUT2D eigenvalue weighted by atomic mass is 9.89. The summed E-state index contributed by atoms with van der Waals surface area (Å²) < 4.78 is 5.17. The van der Waals surface area contributed by atoms with Crippen LogP contribution in [-0.2, 0) is 17.6 Å². The third-order valence-electron chi connectivity index (χ3n) is 3.87. The number of carbonyl (C=O) groups excluding carboxylic acids is 1. The summed E-state index contributed by atoms with van der Waals surface area (Å²) in [6.45, 7) is 1.95. The molecular weight excluding hydrogens is 266 g/mol.